The van der Waals surface area contributed by atoms with Crippen LogP contribution < -0.4 is 5.73 Å². The first-order valence-electron chi connectivity index (χ1n) is 7.86. The number of carbonyl (C=O) groups excluding carboxylic acids is 2. The summed E-state index contributed by atoms with van der Waals surface area (Å²) < 4.78 is 1.15. The quantitative estimate of drug-likeness (QED) is 0.912. The van der Waals surface area contributed by atoms with Gasteiger partial charge in [0, 0.05) is 25.9 Å². The molecule has 1 aromatic heterocycles. The highest BCUT2D eigenvalue weighted by Gasteiger charge is 2.23. The molecule has 0 bridgehead atoms. The van der Waals surface area contributed by atoms with E-state index in [2.05, 4.69) is 4.98 Å². The molecule has 1 saturated heterocycles. The third-order valence-corrected chi connectivity index (χ3v) is 5.26. The molecule has 121 valence electrons. The zero-order valence-corrected chi connectivity index (χ0v) is 13.7. The first-order chi connectivity index (χ1) is 11.1. The van der Waals surface area contributed by atoms with Gasteiger partial charge in [0.2, 0.25) is 11.8 Å². The summed E-state index contributed by atoms with van der Waals surface area (Å²) in [7, 11) is 0. The van der Waals surface area contributed by atoms with Crippen LogP contribution in [0.4, 0.5) is 0 Å². The summed E-state index contributed by atoms with van der Waals surface area (Å²) >= 11 is 1.63. The van der Waals surface area contributed by atoms with Crippen LogP contribution in [0.3, 0.4) is 0 Å². The fourth-order valence-electron chi connectivity index (χ4n) is 2.95. The van der Waals surface area contributed by atoms with Crippen molar-refractivity contribution in [3.8, 4) is 0 Å². The summed E-state index contributed by atoms with van der Waals surface area (Å²) in [5.41, 5.74) is 6.22. The molecular formula is C17H20N3O2S. The van der Waals surface area contributed by atoms with Gasteiger partial charge in [0.1, 0.15) is 0 Å². The van der Waals surface area contributed by atoms with Crippen molar-refractivity contribution >= 4 is 33.4 Å². The number of nitrogens with zero attached hydrogens (tertiary/aromatic N) is 2. The van der Waals surface area contributed by atoms with E-state index >= 15 is 0 Å². The van der Waals surface area contributed by atoms with E-state index in [9.17, 15) is 9.59 Å². The molecule has 0 unspecified atom stereocenters. The molecule has 2 amide bonds. The molecule has 1 aromatic carbocycles. The van der Waals surface area contributed by atoms with Gasteiger partial charge in [0.25, 0.3) is 0 Å². The van der Waals surface area contributed by atoms with Gasteiger partial charge >= 0.3 is 0 Å². The highest BCUT2D eigenvalue weighted by atomic mass is 32.1. The van der Waals surface area contributed by atoms with Crippen LogP contribution in [-0.2, 0) is 16.0 Å². The molecule has 5 nitrogen and oxygen atoms in total. The van der Waals surface area contributed by atoms with E-state index in [4.69, 9.17) is 5.73 Å². The second-order valence-electron chi connectivity index (χ2n) is 5.92. The Morgan fingerprint density at radius 2 is 2.04 bits per heavy atom. The maximum Gasteiger partial charge on any atom is 0.226 e. The number of carbonyl (C=O) groups is 2. The number of benzene rings is 1. The molecule has 1 radical (unpaired) electrons. The first kappa shape index (κ1) is 15.9. The largest absolute Gasteiger partial charge is 0.370 e. The van der Waals surface area contributed by atoms with E-state index in [0.717, 1.165) is 28.1 Å². The number of hydrogen-bond acceptors (Lipinski definition) is 4. The first-order valence-corrected chi connectivity index (χ1v) is 8.68. The topological polar surface area (TPSA) is 76.3 Å². The van der Waals surface area contributed by atoms with Crippen molar-refractivity contribution in [2.45, 2.75) is 25.7 Å². The molecular weight excluding hydrogens is 310 g/mol. The van der Waals surface area contributed by atoms with E-state index in [0.29, 0.717) is 31.8 Å². The van der Waals surface area contributed by atoms with Crippen molar-refractivity contribution in [1.29, 1.82) is 0 Å². The standard InChI is InChI=1S/C17H20N3O2S/c18-15(21)11-12-7-9-20(10-8-12)17(22)6-5-16-19-13-3-1-2-4-14(13)23-16/h1-4,6,12H,5,7-11H2,(H2,18,21). The highest BCUT2D eigenvalue weighted by Crippen LogP contribution is 2.23. The number of para-hydroxylation sites is 1. The molecule has 2 N–H and O–H groups in total. The molecule has 3 rings (SSSR count). The number of hydrogen-bond donors (Lipinski definition) is 1. The Labute approximate surface area is 139 Å². The summed E-state index contributed by atoms with van der Waals surface area (Å²) in [6.45, 7) is 1.40. The van der Waals surface area contributed by atoms with Gasteiger partial charge in [-0.05, 0) is 30.9 Å². The fraction of sp³-hybridized carbons (Fsp3) is 0.412. The molecule has 1 aliphatic rings. The number of thiazole rings is 1. The van der Waals surface area contributed by atoms with E-state index in [1.165, 1.54) is 0 Å². The Hall–Kier alpha value is -1.95. The van der Waals surface area contributed by atoms with Crippen LogP contribution in [0.15, 0.2) is 24.3 Å². The smallest absolute Gasteiger partial charge is 0.226 e. The van der Waals surface area contributed by atoms with Crippen LogP contribution in [0.5, 0.6) is 0 Å². The van der Waals surface area contributed by atoms with E-state index in [1.54, 1.807) is 17.8 Å². The third kappa shape index (κ3) is 4.07. The molecule has 6 heteroatoms. The summed E-state index contributed by atoms with van der Waals surface area (Å²) in [5, 5.41) is 0.961. The zero-order chi connectivity index (χ0) is 16.2. The van der Waals surface area contributed by atoms with Gasteiger partial charge in [-0.25, -0.2) is 4.98 Å². The average molecular weight is 330 g/mol. The molecule has 0 aliphatic carbocycles. The van der Waals surface area contributed by atoms with Gasteiger partial charge in [0.15, 0.2) is 0 Å². The predicted octanol–water partition coefficient (Wildman–Crippen LogP) is 2.16. The van der Waals surface area contributed by atoms with Crippen molar-refractivity contribution in [3.05, 3.63) is 35.7 Å². The van der Waals surface area contributed by atoms with E-state index < -0.39 is 0 Å². The second kappa shape index (κ2) is 7.08. The van der Waals surface area contributed by atoms with Crippen molar-refractivity contribution in [2.75, 3.05) is 13.1 Å². The van der Waals surface area contributed by atoms with Crippen LogP contribution in [-0.4, -0.2) is 34.8 Å². The number of fused-ring (bicyclic) bond motifs is 1. The minimum absolute atomic E-state index is 0.0572. The Bertz CT molecular complexity index is 672. The number of primary amides is 1. The molecule has 0 saturated carbocycles. The number of amides is 2. The maximum absolute atomic E-state index is 12.3. The summed E-state index contributed by atoms with van der Waals surface area (Å²) in [4.78, 5) is 29.6. The third-order valence-electron chi connectivity index (χ3n) is 4.21. The molecule has 1 fully saturated rings. The van der Waals surface area contributed by atoms with Crippen molar-refractivity contribution < 1.29 is 9.59 Å². The van der Waals surface area contributed by atoms with E-state index in [1.807, 2.05) is 29.2 Å². The van der Waals surface area contributed by atoms with Crippen molar-refractivity contribution in [3.63, 3.8) is 0 Å². The lowest BCUT2D eigenvalue weighted by atomic mass is 9.93. The summed E-state index contributed by atoms with van der Waals surface area (Å²) in [5.74, 6) is 0.125. The second-order valence-corrected chi connectivity index (χ2v) is 7.04. The minimum atomic E-state index is -0.253. The molecule has 2 heterocycles. The lowest BCUT2D eigenvalue weighted by Gasteiger charge is -2.31. The maximum atomic E-state index is 12.3. The average Bonchev–Trinajstić information content (AvgIpc) is 2.95. The van der Waals surface area contributed by atoms with Gasteiger partial charge in [-0.1, -0.05) is 12.1 Å². The lowest BCUT2D eigenvalue weighted by Crippen LogP contribution is -2.39. The number of piperidine rings is 1. The summed E-state index contributed by atoms with van der Waals surface area (Å²) in [6, 6.07) is 7.99. The Morgan fingerprint density at radius 3 is 2.74 bits per heavy atom. The number of likely N-dealkylation sites (tertiary alicyclic amines) is 1. The SMILES string of the molecule is NC(=O)CC1CCN(C(=O)[CH]Cc2nc3ccccc3s2)CC1. The lowest BCUT2D eigenvalue weighted by molar-refractivity contribution is -0.129. The Kier molecular flexibility index (Phi) is 4.91. The molecule has 0 atom stereocenters. The molecule has 1 aliphatic heterocycles. The highest BCUT2D eigenvalue weighted by molar-refractivity contribution is 7.18. The number of rotatable bonds is 5. The normalized spacial score (nSPS) is 15.9. The van der Waals surface area contributed by atoms with Gasteiger partial charge < -0.3 is 10.6 Å². The molecule has 0 spiro atoms. The minimum Gasteiger partial charge on any atom is -0.370 e. The van der Waals surface area contributed by atoms with Crippen molar-refractivity contribution in [1.82, 2.24) is 9.88 Å². The van der Waals surface area contributed by atoms with Gasteiger partial charge in [-0.15, -0.1) is 11.3 Å². The van der Waals surface area contributed by atoms with E-state index in [-0.39, 0.29) is 11.8 Å². The summed E-state index contributed by atoms with van der Waals surface area (Å²) in [6.07, 6.45) is 4.41. The van der Waals surface area contributed by atoms with Crippen LogP contribution in [0, 0.1) is 12.3 Å². The van der Waals surface area contributed by atoms with Gasteiger partial charge in [0.05, 0.1) is 21.6 Å². The van der Waals surface area contributed by atoms with Crippen LogP contribution >= 0.6 is 11.3 Å². The monoisotopic (exact) mass is 330 g/mol. The zero-order valence-electron chi connectivity index (χ0n) is 12.9. The van der Waals surface area contributed by atoms with Gasteiger partial charge in [-0.3, -0.25) is 9.59 Å². The number of aromatic nitrogens is 1. The number of nitrogens with two attached hydrogens (primary N) is 1. The van der Waals surface area contributed by atoms with Crippen molar-refractivity contribution in [2.24, 2.45) is 11.7 Å². The Morgan fingerprint density at radius 1 is 1.30 bits per heavy atom. The molecule has 2 aromatic rings. The fourth-order valence-corrected chi connectivity index (χ4v) is 3.88. The van der Waals surface area contributed by atoms with Crippen LogP contribution in [0.25, 0.3) is 10.2 Å². The van der Waals surface area contributed by atoms with Crippen LogP contribution in [0.1, 0.15) is 24.3 Å². The van der Waals surface area contributed by atoms with Crippen LogP contribution in [0.2, 0.25) is 0 Å². The predicted molar refractivity (Wildman–Crippen MR) is 90.7 cm³/mol. The van der Waals surface area contributed by atoms with Gasteiger partial charge in [-0.2, -0.15) is 0 Å². The Balaban J connectivity index is 1.49. The molecule has 23 heavy (non-hydrogen) atoms.